The van der Waals surface area contributed by atoms with Crippen molar-refractivity contribution in [2.24, 2.45) is 5.73 Å². The molecule has 0 unspecified atom stereocenters. The van der Waals surface area contributed by atoms with Crippen molar-refractivity contribution in [2.45, 2.75) is 31.3 Å². The molecule has 0 spiro atoms. The van der Waals surface area contributed by atoms with E-state index in [9.17, 15) is 4.79 Å². The third-order valence-electron chi connectivity index (χ3n) is 6.30. The van der Waals surface area contributed by atoms with Gasteiger partial charge in [-0.1, -0.05) is 12.1 Å². The van der Waals surface area contributed by atoms with Gasteiger partial charge in [0.15, 0.2) is 0 Å². The van der Waals surface area contributed by atoms with Gasteiger partial charge in [-0.3, -0.25) is 4.79 Å². The molecule has 2 fully saturated rings. The smallest absolute Gasteiger partial charge is 0.261 e. The summed E-state index contributed by atoms with van der Waals surface area (Å²) in [6.07, 6.45) is 3.27. The molecule has 4 N–H and O–H groups in total. The number of hydrogen-bond acceptors (Lipinski definition) is 6. The van der Waals surface area contributed by atoms with Crippen molar-refractivity contribution in [2.75, 3.05) is 31.1 Å². The van der Waals surface area contributed by atoms with Gasteiger partial charge in [-0.05, 0) is 55.2 Å². The van der Waals surface area contributed by atoms with E-state index in [0.717, 1.165) is 49.2 Å². The lowest BCUT2D eigenvalue weighted by Crippen LogP contribution is -2.58. The fourth-order valence-electron chi connectivity index (χ4n) is 4.71. The van der Waals surface area contributed by atoms with Crippen LogP contribution < -0.4 is 21.3 Å². The van der Waals surface area contributed by atoms with Crippen molar-refractivity contribution in [3.05, 3.63) is 58.6 Å². The highest BCUT2D eigenvalue weighted by Crippen LogP contribution is 2.41. The molecule has 1 saturated heterocycles. The van der Waals surface area contributed by atoms with E-state index in [-0.39, 0.29) is 17.5 Å². The molecule has 1 aliphatic carbocycles. The molecule has 7 heteroatoms. The highest BCUT2D eigenvalue weighted by molar-refractivity contribution is 7.20. The average Bonchev–Trinajstić information content (AvgIpc) is 3.17. The van der Waals surface area contributed by atoms with Crippen LogP contribution in [0.3, 0.4) is 0 Å². The molecule has 1 aromatic carbocycles. The average molecular weight is 422 g/mol. The van der Waals surface area contributed by atoms with E-state index in [0.29, 0.717) is 4.88 Å². The maximum absolute atomic E-state index is 12.7. The molecule has 30 heavy (non-hydrogen) atoms. The Morgan fingerprint density at radius 2 is 2.07 bits per heavy atom. The molecule has 0 radical (unpaired) electrons. The molecule has 1 saturated carbocycles. The second kappa shape index (κ2) is 7.65. The summed E-state index contributed by atoms with van der Waals surface area (Å²) in [7, 11) is 0. The zero-order valence-corrected chi connectivity index (χ0v) is 18.0. The normalized spacial score (nSPS) is 23.9. The maximum atomic E-state index is 12.7. The Hall–Kier alpha value is -2.48. The van der Waals surface area contributed by atoms with E-state index >= 15 is 0 Å². The number of rotatable bonds is 4. The van der Waals surface area contributed by atoms with Crippen molar-refractivity contribution < 1.29 is 4.79 Å². The summed E-state index contributed by atoms with van der Waals surface area (Å²) in [6.45, 7) is 6.27. The van der Waals surface area contributed by atoms with Crippen molar-refractivity contribution in [3.63, 3.8) is 0 Å². The highest BCUT2D eigenvalue weighted by atomic mass is 32.1. The number of anilines is 1. The quantitative estimate of drug-likeness (QED) is 0.603. The topological polar surface area (TPSA) is 83.3 Å². The zero-order chi connectivity index (χ0) is 20.7. The molecule has 0 bridgehead atoms. The van der Waals surface area contributed by atoms with Crippen LogP contribution in [-0.4, -0.2) is 43.1 Å². The largest absolute Gasteiger partial charge is 0.369 e. The van der Waals surface area contributed by atoms with Crippen molar-refractivity contribution >= 4 is 33.1 Å². The predicted molar refractivity (Wildman–Crippen MR) is 122 cm³/mol. The van der Waals surface area contributed by atoms with Crippen LogP contribution >= 0.6 is 11.3 Å². The van der Waals surface area contributed by atoms with Gasteiger partial charge in [-0.15, -0.1) is 11.3 Å². The molecule has 0 atom stereocenters. The number of piperazine rings is 1. The fourth-order valence-corrected chi connectivity index (χ4v) is 5.61. The predicted octanol–water partition coefficient (Wildman–Crippen LogP) is 2.76. The minimum Gasteiger partial charge on any atom is -0.369 e. The Balaban J connectivity index is 1.24. The molecule has 6 nitrogen and oxygen atoms in total. The highest BCUT2D eigenvalue weighted by Gasteiger charge is 2.44. The summed E-state index contributed by atoms with van der Waals surface area (Å²) < 4.78 is 0. The van der Waals surface area contributed by atoms with Crippen molar-refractivity contribution in [3.8, 4) is 0 Å². The Kier molecular flexibility index (Phi) is 4.97. The number of nitrogens with zero attached hydrogens (tertiary/aromatic N) is 2. The van der Waals surface area contributed by atoms with Crippen LogP contribution in [0.1, 0.15) is 33.6 Å². The second-order valence-electron chi connectivity index (χ2n) is 8.48. The number of benzene rings is 1. The summed E-state index contributed by atoms with van der Waals surface area (Å²) in [6, 6.07) is 12.5. The standard InChI is InChI=1S/C23H27N5OS/c1-15-11-18(28-9-7-25-8-10-28)4-5-19(15)23(24)13-17(14-23)27-21(29)20-12-16-3-2-6-26-22(16)30-20/h2-6,11-12,17,25H,7-10,13-14,24H2,1H3,(H,27,29). The summed E-state index contributed by atoms with van der Waals surface area (Å²) in [4.78, 5) is 21.0. The lowest BCUT2D eigenvalue weighted by atomic mass is 9.68. The summed E-state index contributed by atoms with van der Waals surface area (Å²) in [5, 5.41) is 7.55. The summed E-state index contributed by atoms with van der Waals surface area (Å²) in [5.74, 6) is -0.0316. The number of fused-ring (bicyclic) bond motifs is 1. The SMILES string of the molecule is Cc1cc(N2CCNCC2)ccc1C1(N)CC(NC(=O)c2cc3cccnc3s2)C1. The number of nitrogens with one attached hydrogen (secondary N) is 2. The van der Waals surface area contributed by atoms with Gasteiger partial charge in [-0.25, -0.2) is 4.98 Å². The number of aromatic nitrogens is 1. The van der Waals surface area contributed by atoms with E-state index in [2.05, 4.69) is 45.6 Å². The van der Waals surface area contributed by atoms with E-state index in [1.807, 2.05) is 18.2 Å². The number of thiophene rings is 1. The molecule has 156 valence electrons. The van der Waals surface area contributed by atoms with Gasteiger partial charge >= 0.3 is 0 Å². The lowest BCUT2D eigenvalue weighted by Gasteiger charge is -2.46. The first-order valence-electron chi connectivity index (χ1n) is 10.5. The number of carbonyl (C=O) groups is 1. The van der Waals surface area contributed by atoms with Gasteiger partial charge < -0.3 is 21.3 Å². The Labute approximate surface area is 180 Å². The molecule has 1 amide bonds. The third kappa shape index (κ3) is 3.57. The fraction of sp³-hybridized carbons (Fsp3) is 0.391. The van der Waals surface area contributed by atoms with E-state index in [1.165, 1.54) is 28.2 Å². The van der Waals surface area contributed by atoms with Gasteiger partial charge in [0.05, 0.1) is 4.88 Å². The minimum atomic E-state index is -0.369. The zero-order valence-electron chi connectivity index (χ0n) is 17.1. The van der Waals surface area contributed by atoms with Crippen molar-refractivity contribution in [1.82, 2.24) is 15.6 Å². The molecule has 2 aliphatic rings. The van der Waals surface area contributed by atoms with Crippen LogP contribution in [0.4, 0.5) is 5.69 Å². The van der Waals surface area contributed by atoms with Crippen LogP contribution in [0.25, 0.3) is 10.2 Å². The monoisotopic (exact) mass is 421 g/mol. The van der Waals surface area contributed by atoms with Crippen LogP contribution in [0.2, 0.25) is 0 Å². The molecule has 1 aliphatic heterocycles. The van der Waals surface area contributed by atoms with E-state index < -0.39 is 0 Å². The summed E-state index contributed by atoms with van der Waals surface area (Å²) in [5.41, 5.74) is 10.1. The van der Waals surface area contributed by atoms with Crippen LogP contribution in [0.15, 0.2) is 42.6 Å². The number of hydrogen-bond donors (Lipinski definition) is 3. The van der Waals surface area contributed by atoms with Gasteiger partial charge in [0.1, 0.15) is 4.83 Å². The number of amides is 1. The minimum absolute atomic E-state index is 0.0316. The lowest BCUT2D eigenvalue weighted by molar-refractivity contribution is 0.0869. The van der Waals surface area contributed by atoms with Crippen LogP contribution in [0.5, 0.6) is 0 Å². The van der Waals surface area contributed by atoms with Gasteiger partial charge in [0, 0.05) is 55.0 Å². The first-order chi connectivity index (χ1) is 14.5. The second-order valence-corrected chi connectivity index (χ2v) is 9.51. The number of carbonyl (C=O) groups excluding carboxylic acids is 1. The Morgan fingerprint density at radius 1 is 1.27 bits per heavy atom. The van der Waals surface area contributed by atoms with Gasteiger partial charge in [-0.2, -0.15) is 0 Å². The van der Waals surface area contributed by atoms with E-state index in [4.69, 9.17) is 5.73 Å². The molecule has 5 rings (SSSR count). The van der Waals surface area contributed by atoms with Gasteiger partial charge in [0.25, 0.3) is 5.91 Å². The van der Waals surface area contributed by atoms with Crippen molar-refractivity contribution in [1.29, 1.82) is 0 Å². The molecule has 3 aromatic rings. The first-order valence-corrected chi connectivity index (χ1v) is 11.3. The van der Waals surface area contributed by atoms with Crippen LogP contribution in [-0.2, 0) is 5.54 Å². The summed E-state index contributed by atoms with van der Waals surface area (Å²) >= 11 is 1.43. The molecule has 2 aromatic heterocycles. The molecule has 3 heterocycles. The van der Waals surface area contributed by atoms with Gasteiger partial charge in [0.2, 0.25) is 0 Å². The Morgan fingerprint density at radius 3 is 2.80 bits per heavy atom. The van der Waals surface area contributed by atoms with Crippen LogP contribution in [0, 0.1) is 6.92 Å². The third-order valence-corrected chi connectivity index (χ3v) is 7.36. The first kappa shape index (κ1) is 19.5. The Bertz CT molecular complexity index is 1050. The molecular formula is C23H27N5OS. The maximum Gasteiger partial charge on any atom is 0.261 e. The van der Waals surface area contributed by atoms with E-state index in [1.54, 1.807) is 6.20 Å². The molecular weight excluding hydrogens is 394 g/mol. The number of aryl methyl sites for hydroxylation is 1. The number of pyridine rings is 1. The number of nitrogens with two attached hydrogens (primary N) is 1.